The molecule has 1 aliphatic heterocycles. The monoisotopic (exact) mass is 351 g/mol. The summed E-state index contributed by atoms with van der Waals surface area (Å²) in [4.78, 5) is 0. The van der Waals surface area contributed by atoms with Gasteiger partial charge in [-0.25, -0.2) is 0 Å². The first-order chi connectivity index (χ1) is 12.5. The summed E-state index contributed by atoms with van der Waals surface area (Å²) < 4.78 is 5.96. The van der Waals surface area contributed by atoms with Crippen LogP contribution in [0.2, 0.25) is 0 Å². The van der Waals surface area contributed by atoms with Crippen molar-refractivity contribution in [2.45, 2.75) is 58.5 Å². The average molecular weight is 352 g/mol. The third-order valence-electron chi connectivity index (χ3n) is 5.45. The maximum absolute atomic E-state index is 5.96. The molecule has 2 aromatic carbocycles. The SMILES string of the molecule is CC(C)(C)c1ccc(COc2ccc(CCC3CCNCC3)cc2)cc1. The molecular formula is C24H33NO. The van der Waals surface area contributed by atoms with Crippen molar-refractivity contribution in [2.24, 2.45) is 5.92 Å². The molecule has 2 nitrogen and oxygen atoms in total. The van der Waals surface area contributed by atoms with E-state index in [2.05, 4.69) is 74.6 Å². The molecule has 0 unspecified atom stereocenters. The molecule has 3 rings (SSSR count). The van der Waals surface area contributed by atoms with E-state index in [9.17, 15) is 0 Å². The smallest absolute Gasteiger partial charge is 0.119 e. The van der Waals surface area contributed by atoms with E-state index in [0.717, 1.165) is 11.7 Å². The lowest BCUT2D eigenvalue weighted by atomic mass is 9.87. The zero-order valence-corrected chi connectivity index (χ0v) is 16.6. The Morgan fingerprint density at radius 2 is 1.50 bits per heavy atom. The van der Waals surface area contributed by atoms with E-state index in [-0.39, 0.29) is 5.41 Å². The maximum Gasteiger partial charge on any atom is 0.119 e. The van der Waals surface area contributed by atoms with E-state index in [4.69, 9.17) is 4.74 Å². The van der Waals surface area contributed by atoms with Gasteiger partial charge in [-0.2, -0.15) is 0 Å². The molecule has 1 aliphatic rings. The van der Waals surface area contributed by atoms with Crippen molar-refractivity contribution in [2.75, 3.05) is 13.1 Å². The third-order valence-corrected chi connectivity index (χ3v) is 5.45. The van der Waals surface area contributed by atoms with Crippen LogP contribution in [0.25, 0.3) is 0 Å². The fraction of sp³-hybridized carbons (Fsp3) is 0.500. The maximum atomic E-state index is 5.96. The Kier molecular flexibility index (Phi) is 6.37. The van der Waals surface area contributed by atoms with Crippen LogP contribution >= 0.6 is 0 Å². The van der Waals surface area contributed by atoms with Crippen LogP contribution in [0.3, 0.4) is 0 Å². The lowest BCUT2D eigenvalue weighted by Gasteiger charge is -2.22. The topological polar surface area (TPSA) is 21.3 Å². The summed E-state index contributed by atoms with van der Waals surface area (Å²) in [5, 5.41) is 3.44. The Morgan fingerprint density at radius 3 is 2.12 bits per heavy atom. The van der Waals surface area contributed by atoms with Crippen molar-refractivity contribution in [1.29, 1.82) is 0 Å². The molecule has 1 heterocycles. The van der Waals surface area contributed by atoms with Gasteiger partial charge in [-0.3, -0.25) is 0 Å². The summed E-state index contributed by atoms with van der Waals surface area (Å²) in [6.07, 6.45) is 5.14. The lowest BCUT2D eigenvalue weighted by Crippen LogP contribution is -2.27. The second-order valence-electron chi connectivity index (χ2n) is 8.61. The van der Waals surface area contributed by atoms with E-state index in [0.29, 0.717) is 6.61 Å². The van der Waals surface area contributed by atoms with Gasteiger partial charge in [0.1, 0.15) is 12.4 Å². The van der Waals surface area contributed by atoms with Gasteiger partial charge in [0.2, 0.25) is 0 Å². The summed E-state index contributed by atoms with van der Waals surface area (Å²) in [6, 6.07) is 17.4. The molecule has 0 amide bonds. The van der Waals surface area contributed by atoms with Gasteiger partial charge in [0.05, 0.1) is 0 Å². The molecule has 0 bridgehead atoms. The van der Waals surface area contributed by atoms with Crippen LogP contribution < -0.4 is 10.1 Å². The van der Waals surface area contributed by atoms with Gasteiger partial charge in [-0.05, 0) is 78.9 Å². The molecule has 0 spiro atoms. The zero-order valence-electron chi connectivity index (χ0n) is 16.6. The quantitative estimate of drug-likeness (QED) is 0.742. The zero-order chi connectivity index (χ0) is 18.4. The number of ether oxygens (including phenoxy) is 1. The highest BCUT2D eigenvalue weighted by molar-refractivity contribution is 5.29. The summed E-state index contributed by atoms with van der Waals surface area (Å²) in [5.74, 6) is 1.85. The Morgan fingerprint density at radius 1 is 0.885 bits per heavy atom. The molecule has 1 fully saturated rings. The van der Waals surface area contributed by atoms with Crippen LogP contribution in [0.15, 0.2) is 48.5 Å². The van der Waals surface area contributed by atoms with Crippen LogP contribution in [-0.2, 0) is 18.4 Å². The molecule has 0 aliphatic carbocycles. The highest BCUT2D eigenvalue weighted by Gasteiger charge is 2.13. The van der Waals surface area contributed by atoms with Crippen LogP contribution in [0.1, 0.15) is 56.7 Å². The lowest BCUT2D eigenvalue weighted by molar-refractivity contribution is 0.306. The largest absolute Gasteiger partial charge is 0.489 e. The molecule has 1 N–H and O–H groups in total. The number of benzene rings is 2. The second kappa shape index (κ2) is 8.73. The number of rotatable bonds is 6. The second-order valence-corrected chi connectivity index (χ2v) is 8.61. The van der Waals surface area contributed by atoms with E-state index in [1.54, 1.807) is 0 Å². The van der Waals surface area contributed by atoms with Crippen molar-refractivity contribution in [3.05, 3.63) is 65.2 Å². The van der Waals surface area contributed by atoms with E-state index in [1.807, 2.05) is 0 Å². The molecule has 0 atom stereocenters. The van der Waals surface area contributed by atoms with E-state index < -0.39 is 0 Å². The van der Waals surface area contributed by atoms with Crippen LogP contribution in [0.5, 0.6) is 5.75 Å². The van der Waals surface area contributed by atoms with Gasteiger partial charge in [0.25, 0.3) is 0 Å². The molecule has 2 heteroatoms. The first-order valence-corrected chi connectivity index (χ1v) is 10.0. The molecule has 140 valence electrons. The Bertz CT molecular complexity index is 661. The summed E-state index contributed by atoms with van der Waals surface area (Å²) in [6.45, 7) is 9.73. The fourth-order valence-corrected chi connectivity index (χ4v) is 3.56. The van der Waals surface area contributed by atoms with Gasteiger partial charge < -0.3 is 10.1 Å². The third kappa shape index (κ3) is 5.60. The molecule has 1 saturated heterocycles. The summed E-state index contributed by atoms with van der Waals surface area (Å²) in [5.41, 5.74) is 4.20. The van der Waals surface area contributed by atoms with E-state index in [1.165, 1.54) is 55.5 Å². The predicted octanol–water partition coefficient (Wildman–Crippen LogP) is 5.50. The summed E-state index contributed by atoms with van der Waals surface area (Å²) in [7, 11) is 0. The van der Waals surface area contributed by atoms with Gasteiger partial charge >= 0.3 is 0 Å². The summed E-state index contributed by atoms with van der Waals surface area (Å²) >= 11 is 0. The van der Waals surface area contributed by atoms with Gasteiger partial charge in [0.15, 0.2) is 0 Å². The van der Waals surface area contributed by atoms with Gasteiger partial charge in [-0.15, -0.1) is 0 Å². The molecular weight excluding hydrogens is 318 g/mol. The van der Waals surface area contributed by atoms with Crippen molar-refractivity contribution in [3.63, 3.8) is 0 Å². The van der Waals surface area contributed by atoms with Gasteiger partial charge in [-0.1, -0.05) is 57.2 Å². The number of piperidine rings is 1. The van der Waals surface area contributed by atoms with Crippen LogP contribution in [0, 0.1) is 5.92 Å². The fourth-order valence-electron chi connectivity index (χ4n) is 3.56. The normalized spacial score (nSPS) is 15.8. The average Bonchev–Trinajstić information content (AvgIpc) is 2.66. The van der Waals surface area contributed by atoms with E-state index >= 15 is 0 Å². The van der Waals surface area contributed by atoms with Crippen molar-refractivity contribution in [1.82, 2.24) is 5.32 Å². The minimum absolute atomic E-state index is 0.198. The number of nitrogens with one attached hydrogen (secondary N) is 1. The Hall–Kier alpha value is -1.80. The molecule has 2 aromatic rings. The Balaban J connectivity index is 1.46. The molecule has 0 aromatic heterocycles. The van der Waals surface area contributed by atoms with Gasteiger partial charge in [0, 0.05) is 0 Å². The predicted molar refractivity (Wildman–Crippen MR) is 110 cm³/mol. The number of hydrogen-bond acceptors (Lipinski definition) is 2. The highest BCUT2D eigenvalue weighted by Crippen LogP contribution is 2.23. The van der Waals surface area contributed by atoms with Crippen molar-refractivity contribution in [3.8, 4) is 5.75 Å². The highest BCUT2D eigenvalue weighted by atomic mass is 16.5. The molecule has 0 radical (unpaired) electrons. The first-order valence-electron chi connectivity index (χ1n) is 10.0. The number of hydrogen-bond donors (Lipinski definition) is 1. The van der Waals surface area contributed by atoms with Crippen LogP contribution in [-0.4, -0.2) is 13.1 Å². The Labute approximate surface area is 159 Å². The van der Waals surface area contributed by atoms with Crippen molar-refractivity contribution < 1.29 is 4.74 Å². The van der Waals surface area contributed by atoms with Crippen LogP contribution in [0.4, 0.5) is 0 Å². The minimum atomic E-state index is 0.198. The molecule has 26 heavy (non-hydrogen) atoms. The molecule has 0 saturated carbocycles. The number of aryl methyl sites for hydroxylation is 1. The standard InChI is InChI=1S/C24H33NO/c1-24(2,3)22-10-6-21(7-11-22)18-26-23-12-8-19(9-13-23)4-5-20-14-16-25-17-15-20/h6-13,20,25H,4-5,14-18H2,1-3H3. The minimum Gasteiger partial charge on any atom is -0.489 e. The van der Waals surface area contributed by atoms with Crippen molar-refractivity contribution >= 4 is 0 Å². The first kappa shape index (κ1) is 19.0.